The van der Waals surface area contributed by atoms with Crippen LogP contribution in [0.25, 0.3) is 6.08 Å². The number of carbonyl (C=O) groups is 1. The standard InChI is InChI=1S/C28H26N2O6S/c1-5-14-35-20-12-10-19(11-13-20)17-23-26(31)30-25(21-8-6-7-9-22(21)34-4)24(18(2)29-28(30)37-23)27(32)36-16-15-33-3/h1,6-13,17,25H,14-16H2,2-4H3. The molecule has 0 spiro atoms. The van der Waals surface area contributed by atoms with E-state index in [0.29, 0.717) is 32.1 Å². The Labute approximate surface area is 218 Å². The molecule has 1 atom stereocenters. The Morgan fingerprint density at radius 3 is 2.62 bits per heavy atom. The second kappa shape index (κ2) is 11.7. The van der Waals surface area contributed by atoms with Crippen molar-refractivity contribution in [2.45, 2.75) is 13.0 Å². The molecule has 1 unspecified atom stereocenters. The fourth-order valence-corrected chi connectivity index (χ4v) is 5.05. The fourth-order valence-electron chi connectivity index (χ4n) is 4.00. The zero-order valence-corrected chi connectivity index (χ0v) is 21.5. The van der Waals surface area contributed by atoms with Crippen LogP contribution < -0.4 is 24.4 Å². The number of aromatic nitrogens is 1. The third-order valence-corrected chi connectivity index (χ3v) is 6.68. The summed E-state index contributed by atoms with van der Waals surface area (Å²) in [5, 5.41) is 0. The smallest absolute Gasteiger partial charge is 0.338 e. The van der Waals surface area contributed by atoms with Gasteiger partial charge >= 0.3 is 5.97 Å². The van der Waals surface area contributed by atoms with Crippen LogP contribution in [0.2, 0.25) is 0 Å². The van der Waals surface area contributed by atoms with Crippen LogP contribution >= 0.6 is 11.3 Å². The molecular formula is C28H26N2O6S. The third-order valence-electron chi connectivity index (χ3n) is 5.70. The highest BCUT2D eigenvalue weighted by Gasteiger charge is 2.35. The molecule has 37 heavy (non-hydrogen) atoms. The van der Waals surface area contributed by atoms with Crippen LogP contribution in [0.1, 0.15) is 24.1 Å². The first-order valence-corrected chi connectivity index (χ1v) is 12.3. The lowest BCUT2D eigenvalue weighted by molar-refractivity contribution is -0.140. The number of thiazole rings is 1. The molecule has 2 heterocycles. The Balaban J connectivity index is 1.84. The van der Waals surface area contributed by atoms with Crippen molar-refractivity contribution in [3.63, 3.8) is 0 Å². The number of para-hydroxylation sites is 1. The first-order valence-electron chi connectivity index (χ1n) is 11.5. The summed E-state index contributed by atoms with van der Waals surface area (Å²) in [7, 11) is 3.08. The topological polar surface area (TPSA) is 88.4 Å². The lowest BCUT2D eigenvalue weighted by Gasteiger charge is -2.26. The van der Waals surface area contributed by atoms with Crippen molar-refractivity contribution >= 4 is 23.4 Å². The molecule has 4 rings (SSSR count). The Hall–Kier alpha value is -4.13. The first-order chi connectivity index (χ1) is 18.0. The summed E-state index contributed by atoms with van der Waals surface area (Å²) < 4.78 is 23.5. The largest absolute Gasteiger partial charge is 0.496 e. The van der Waals surface area contributed by atoms with E-state index in [4.69, 9.17) is 25.4 Å². The van der Waals surface area contributed by atoms with Gasteiger partial charge < -0.3 is 18.9 Å². The summed E-state index contributed by atoms with van der Waals surface area (Å²) >= 11 is 1.25. The third kappa shape index (κ3) is 5.50. The molecule has 190 valence electrons. The molecule has 0 fully saturated rings. The molecule has 0 bridgehead atoms. The predicted octanol–water partition coefficient (Wildman–Crippen LogP) is 2.45. The molecule has 1 aliphatic heterocycles. The maximum atomic E-state index is 13.7. The van der Waals surface area contributed by atoms with Crippen LogP contribution in [0.4, 0.5) is 0 Å². The number of benzene rings is 2. The molecule has 1 aliphatic rings. The molecule has 0 N–H and O–H groups in total. The number of allylic oxidation sites excluding steroid dienone is 1. The van der Waals surface area contributed by atoms with Crippen molar-refractivity contribution in [2.75, 3.05) is 34.0 Å². The van der Waals surface area contributed by atoms with Gasteiger partial charge in [-0.3, -0.25) is 9.36 Å². The SMILES string of the molecule is C#CCOc1ccc(C=c2sc3n(c2=O)C(c2ccccc2OC)C(C(=O)OCCOC)=C(C)N=3)cc1. The average Bonchev–Trinajstić information content (AvgIpc) is 3.21. The van der Waals surface area contributed by atoms with Crippen LogP contribution in [0, 0.1) is 12.3 Å². The summed E-state index contributed by atoms with van der Waals surface area (Å²) in [6, 6.07) is 13.8. The highest BCUT2D eigenvalue weighted by Crippen LogP contribution is 2.35. The summed E-state index contributed by atoms with van der Waals surface area (Å²) in [5.74, 6) is 3.04. The van der Waals surface area contributed by atoms with Crippen molar-refractivity contribution in [3.8, 4) is 23.8 Å². The number of esters is 1. The number of carbonyl (C=O) groups excluding carboxylic acids is 1. The Morgan fingerprint density at radius 2 is 1.92 bits per heavy atom. The van der Waals surface area contributed by atoms with Crippen molar-refractivity contribution < 1.29 is 23.7 Å². The highest BCUT2D eigenvalue weighted by atomic mass is 32.1. The molecule has 0 saturated heterocycles. The molecule has 9 heteroatoms. The average molecular weight is 519 g/mol. The fraction of sp³-hybridized carbons (Fsp3) is 0.250. The van der Waals surface area contributed by atoms with Gasteiger partial charge in [0.25, 0.3) is 5.56 Å². The molecule has 0 radical (unpaired) electrons. The number of hydrogen-bond donors (Lipinski definition) is 0. The van der Waals surface area contributed by atoms with E-state index in [9.17, 15) is 9.59 Å². The van der Waals surface area contributed by atoms with E-state index in [2.05, 4.69) is 10.9 Å². The van der Waals surface area contributed by atoms with E-state index in [1.54, 1.807) is 38.3 Å². The zero-order valence-electron chi connectivity index (χ0n) is 20.7. The van der Waals surface area contributed by atoms with Crippen molar-refractivity contribution in [2.24, 2.45) is 4.99 Å². The Bertz CT molecular complexity index is 1540. The monoisotopic (exact) mass is 518 g/mol. The van der Waals surface area contributed by atoms with E-state index >= 15 is 0 Å². The van der Waals surface area contributed by atoms with Gasteiger partial charge in [-0.2, -0.15) is 0 Å². The van der Waals surface area contributed by atoms with Crippen LogP contribution in [0.3, 0.4) is 0 Å². The summed E-state index contributed by atoms with van der Waals surface area (Å²) in [5.41, 5.74) is 1.93. The summed E-state index contributed by atoms with van der Waals surface area (Å²) in [6.07, 6.45) is 7.02. The number of methoxy groups -OCH3 is 2. The van der Waals surface area contributed by atoms with Gasteiger partial charge in [-0.15, -0.1) is 6.42 Å². The number of rotatable bonds is 9. The quantitative estimate of drug-likeness (QED) is 0.246. The van der Waals surface area contributed by atoms with Gasteiger partial charge in [0.15, 0.2) is 4.80 Å². The number of nitrogens with zero attached hydrogens (tertiary/aromatic N) is 2. The van der Waals surface area contributed by atoms with E-state index in [-0.39, 0.29) is 31.0 Å². The normalized spacial score (nSPS) is 15.0. The maximum Gasteiger partial charge on any atom is 0.338 e. The second-order valence-electron chi connectivity index (χ2n) is 8.01. The minimum Gasteiger partial charge on any atom is -0.496 e. The number of fused-ring (bicyclic) bond motifs is 1. The minimum atomic E-state index is -0.774. The lowest BCUT2D eigenvalue weighted by atomic mass is 9.95. The van der Waals surface area contributed by atoms with Gasteiger partial charge in [-0.25, -0.2) is 9.79 Å². The van der Waals surface area contributed by atoms with Gasteiger partial charge in [-0.05, 0) is 36.8 Å². The van der Waals surface area contributed by atoms with Crippen molar-refractivity contribution in [1.29, 1.82) is 0 Å². The molecule has 8 nitrogen and oxygen atoms in total. The number of ether oxygens (including phenoxy) is 4. The van der Waals surface area contributed by atoms with E-state index in [0.717, 1.165) is 5.56 Å². The number of hydrogen-bond acceptors (Lipinski definition) is 8. The first kappa shape index (κ1) is 25.9. The molecular weight excluding hydrogens is 492 g/mol. The van der Waals surface area contributed by atoms with E-state index in [1.165, 1.54) is 23.0 Å². The Morgan fingerprint density at radius 1 is 1.16 bits per heavy atom. The molecule has 1 aromatic heterocycles. The molecule has 0 saturated carbocycles. The van der Waals surface area contributed by atoms with Crippen LogP contribution in [-0.4, -0.2) is 44.6 Å². The zero-order chi connectivity index (χ0) is 26.4. The Kier molecular flexibility index (Phi) is 8.23. The molecule has 0 amide bonds. The second-order valence-corrected chi connectivity index (χ2v) is 9.02. The minimum absolute atomic E-state index is 0.0796. The van der Waals surface area contributed by atoms with Gasteiger partial charge in [-0.1, -0.05) is 47.6 Å². The highest BCUT2D eigenvalue weighted by molar-refractivity contribution is 7.07. The van der Waals surface area contributed by atoms with E-state index < -0.39 is 12.0 Å². The van der Waals surface area contributed by atoms with Gasteiger partial charge in [0.1, 0.15) is 30.8 Å². The van der Waals surface area contributed by atoms with Crippen LogP contribution in [0.15, 0.2) is 69.6 Å². The summed E-state index contributed by atoms with van der Waals surface area (Å²) in [6.45, 7) is 2.25. The van der Waals surface area contributed by atoms with Gasteiger partial charge in [0.05, 0.1) is 29.5 Å². The van der Waals surface area contributed by atoms with Crippen LogP contribution in [0.5, 0.6) is 11.5 Å². The van der Waals surface area contributed by atoms with E-state index in [1.807, 2.05) is 30.3 Å². The lowest BCUT2D eigenvalue weighted by Crippen LogP contribution is -2.40. The molecule has 0 aliphatic carbocycles. The number of terminal acetylenes is 1. The summed E-state index contributed by atoms with van der Waals surface area (Å²) in [4.78, 5) is 32.0. The maximum absolute atomic E-state index is 13.7. The molecule has 2 aromatic carbocycles. The van der Waals surface area contributed by atoms with Gasteiger partial charge in [0, 0.05) is 12.7 Å². The molecule has 3 aromatic rings. The predicted molar refractivity (Wildman–Crippen MR) is 140 cm³/mol. The van der Waals surface area contributed by atoms with Gasteiger partial charge in [0.2, 0.25) is 0 Å². The van der Waals surface area contributed by atoms with Crippen molar-refractivity contribution in [3.05, 3.63) is 90.6 Å². The van der Waals surface area contributed by atoms with Crippen LogP contribution in [-0.2, 0) is 14.3 Å². The van der Waals surface area contributed by atoms with Crippen molar-refractivity contribution in [1.82, 2.24) is 4.57 Å².